The molecule has 2 heterocycles. The van der Waals surface area contributed by atoms with Gasteiger partial charge < -0.3 is 21.1 Å². The number of fused-ring (bicyclic) bond motifs is 1. The molecule has 2 atom stereocenters. The van der Waals surface area contributed by atoms with Crippen LogP contribution in [-0.2, 0) is 27.3 Å². The molecule has 0 unspecified atom stereocenters. The van der Waals surface area contributed by atoms with E-state index in [0.717, 1.165) is 5.56 Å². The predicted molar refractivity (Wildman–Crippen MR) is 121 cm³/mol. The van der Waals surface area contributed by atoms with Crippen molar-refractivity contribution in [3.05, 3.63) is 71.5 Å². The number of tetrazole rings is 1. The molecule has 0 saturated carbocycles. The SMILES string of the molecule is O=C(O)N[C@H](C(=O)NCC(=O)N1c2ccccc2C[C@H]1C(=O)NCc1nn[nH]n1)c1ccccc1. The summed E-state index contributed by atoms with van der Waals surface area (Å²) in [5.74, 6) is -1.35. The average molecular weight is 478 g/mol. The summed E-state index contributed by atoms with van der Waals surface area (Å²) >= 11 is 0. The van der Waals surface area contributed by atoms with Crippen LogP contribution in [0.15, 0.2) is 54.6 Å². The highest BCUT2D eigenvalue weighted by molar-refractivity contribution is 6.05. The molecule has 0 fully saturated rings. The predicted octanol–water partition coefficient (Wildman–Crippen LogP) is -0.101. The molecule has 13 heteroatoms. The Bertz CT molecular complexity index is 1220. The van der Waals surface area contributed by atoms with E-state index < -0.39 is 42.4 Å². The third kappa shape index (κ3) is 5.40. The van der Waals surface area contributed by atoms with E-state index in [9.17, 15) is 19.2 Å². The first-order chi connectivity index (χ1) is 16.9. The van der Waals surface area contributed by atoms with Crippen LogP contribution in [0.4, 0.5) is 10.5 Å². The van der Waals surface area contributed by atoms with Gasteiger partial charge in [-0.3, -0.25) is 19.3 Å². The quantitative estimate of drug-likeness (QED) is 0.297. The summed E-state index contributed by atoms with van der Waals surface area (Å²) in [5, 5.41) is 29.8. The van der Waals surface area contributed by atoms with Gasteiger partial charge in [-0.2, -0.15) is 5.21 Å². The van der Waals surface area contributed by atoms with Gasteiger partial charge >= 0.3 is 6.09 Å². The Morgan fingerprint density at radius 2 is 1.80 bits per heavy atom. The maximum atomic E-state index is 13.2. The van der Waals surface area contributed by atoms with Crippen LogP contribution < -0.4 is 20.9 Å². The number of rotatable bonds is 8. The van der Waals surface area contributed by atoms with Crippen LogP contribution in [0.3, 0.4) is 0 Å². The minimum atomic E-state index is -1.38. The number of nitrogens with one attached hydrogen (secondary N) is 4. The molecule has 0 saturated heterocycles. The second-order valence-electron chi connectivity index (χ2n) is 7.67. The Morgan fingerprint density at radius 1 is 1.06 bits per heavy atom. The number of para-hydroxylation sites is 1. The summed E-state index contributed by atoms with van der Waals surface area (Å²) in [6.45, 7) is -0.410. The molecular formula is C22H22N8O5. The van der Waals surface area contributed by atoms with Crippen molar-refractivity contribution < 1.29 is 24.3 Å². The largest absolute Gasteiger partial charge is 0.465 e. The number of carboxylic acid groups (broad SMARTS) is 1. The molecule has 1 aliphatic rings. The van der Waals surface area contributed by atoms with Crippen molar-refractivity contribution in [3.8, 4) is 0 Å². The van der Waals surface area contributed by atoms with Crippen LogP contribution in [0.1, 0.15) is 23.0 Å². The standard InChI is InChI=1S/C22H22N8O5/c31-18(12-24-21(33)19(25-22(34)35)13-6-2-1-3-7-13)30-15-9-5-4-8-14(15)10-16(30)20(32)23-11-17-26-28-29-27-17/h1-9,16,19,25H,10-12H2,(H,23,32)(H,24,33)(H,34,35)(H,26,27,28,29)/t16-,19-/m0/s1. The average Bonchev–Trinajstić information content (AvgIpc) is 3.52. The minimum Gasteiger partial charge on any atom is -0.465 e. The fraction of sp³-hybridized carbons (Fsp3) is 0.227. The maximum Gasteiger partial charge on any atom is 0.405 e. The summed E-state index contributed by atoms with van der Waals surface area (Å²) in [7, 11) is 0. The highest BCUT2D eigenvalue weighted by Gasteiger charge is 2.38. The van der Waals surface area contributed by atoms with Gasteiger partial charge in [-0.1, -0.05) is 53.7 Å². The lowest BCUT2D eigenvalue weighted by Gasteiger charge is -2.25. The van der Waals surface area contributed by atoms with Crippen LogP contribution in [0.5, 0.6) is 0 Å². The summed E-state index contributed by atoms with van der Waals surface area (Å²) in [6.07, 6.45) is -1.09. The number of aromatic nitrogens is 4. The summed E-state index contributed by atoms with van der Waals surface area (Å²) in [6, 6.07) is 13.3. The van der Waals surface area contributed by atoms with Gasteiger partial charge in [0, 0.05) is 12.1 Å². The maximum absolute atomic E-state index is 13.2. The number of aromatic amines is 1. The molecule has 0 bridgehead atoms. The summed E-state index contributed by atoms with van der Waals surface area (Å²) in [5.41, 5.74) is 1.79. The van der Waals surface area contributed by atoms with Gasteiger partial charge in [0.1, 0.15) is 12.1 Å². The van der Waals surface area contributed by atoms with E-state index in [4.69, 9.17) is 5.11 Å². The molecule has 13 nitrogen and oxygen atoms in total. The topological polar surface area (TPSA) is 182 Å². The van der Waals surface area contributed by atoms with Crippen molar-refractivity contribution in [1.29, 1.82) is 0 Å². The molecule has 4 rings (SSSR count). The lowest BCUT2D eigenvalue weighted by molar-refractivity contribution is -0.128. The number of carbonyl (C=O) groups excluding carboxylic acids is 3. The molecule has 35 heavy (non-hydrogen) atoms. The molecule has 4 amide bonds. The Hall–Kier alpha value is -4.81. The first kappa shape index (κ1) is 23.4. The number of benzene rings is 2. The number of anilines is 1. The highest BCUT2D eigenvalue weighted by atomic mass is 16.4. The minimum absolute atomic E-state index is 0.0283. The van der Waals surface area contributed by atoms with Crippen molar-refractivity contribution in [2.24, 2.45) is 0 Å². The number of hydrogen-bond acceptors (Lipinski definition) is 7. The highest BCUT2D eigenvalue weighted by Crippen LogP contribution is 2.32. The molecular weight excluding hydrogens is 456 g/mol. The molecule has 2 aromatic carbocycles. The second-order valence-corrected chi connectivity index (χ2v) is 7.67. The second kappa shape index (κ2) is 10.4. The monoisotopic (exact) mass is 478 g/mol. The van der Waals surface area contributed by atoms with Crippen LogP contribution in [-0.4, -0.2) is 62.1 Å². The van der Waals surface area contributed by atoms with E-state index in [1.807, 2.05) is 12.1 Å². The fourth-order valence-corrected chi connectivity index (χ4v) is 3.86. The lowest BCUT2D eigenvalue weighted by atomic mass is 10.1. The van der Waals surface area contributed by atoms with Crippen molar-refractivity contribution in [1.82, 2.24) is 36.6 Å². The molecule has 180 valence electrons. The van der Waals surface area contributed by atoms with Crippen molar-refractivity contribution in [2.45, 2.75) is 25.0 Å². The molecule has 0 aliphatic carbocycles. The van der Waals surface area contributed by atoms with E-state index in [2.05, 4.69) is 36.6 Å². The van der Waals surface area contributed by atoms with Crippen molar-refractivity contribution in [3.63, 3.8) is 0 Å². The van der Waals surface area contributed by atoms with E-state index in [1.54, 1.807) is 42.5 Å². The van der Waals surface area contributed by atoms with Gasteiger partial charge in [0.2, 0.25) is 17.7 Å². The Kier molecular flexibility index (Phi) is 6.95. The van der Waals surface area contributed by atoms with Gasteiger partial charge in [-0.05, 0) is 17.2 Å². The number of hydrogen-bond donors (Lipinski definition) is 5. The van der Waals surface area contributed by atoms with E-state index in [1.165, 1.54) is 4.90 Å². The van der Waals surface area contributed by atoms with Gasteiger partial charge in [0.15, 0.2) is 5.82 Å². The fourth-order valence-electron chi connectivity index (χ4n) is 3.86. The zero-order valence-corrected chi connectivity index (χ0v) is 18.3. The van der Waals surface area contributed by atoms with Crippen LogP contribution in [0.2, 0.25) is 0 Å². The van der Waals surface area contributed by atoms with Crippen molar-refractivity contribution in [2.75, 3.05) is 11.4 Å². The third-order valence-electron chi connectivity index (χ3n) is 5.43. The van der Waals surface area contributed by atoms with Crippen LogP contribution in [0.25, 0.3) is 0 Å². The Morgan fingerprint density at radius 3 is 2.51 bits per heavy atom. The summed E-state index contributed by atoms with van der Waals surface area (Å²) < 4.78 is 0. The van der Waals surface area contributed by atoms with Crippen LogP contribution in [0, 0.1) is 0 Å². The van der Waals surface area contributed by atoms with Crippen LogP contribution >= 0.6 is 0 Å². The first-order valence-electron chi connectivity index (χ1n) is 10.7. The molecule has 1 aliphatic heterocycles. The normalized spacial score (nSPS) is 15.1. The van der Waals surface area contributed by atoms with Gasteiger partial charge in [0.25, 0.3) is 0 Å². The number of carbonyl (C=O) groups is 4. The zero-order chi connectivity index (χ0) is 24.8. The number of nitrogens with zero attached hydrogens (tertiary/aromatic N) is 4. The smallest absolute Gasteiger partial charge is 0.405 e. The summed E-state index contributed by atoms with van der Waals surface area (Å²) in [4.78, 5) is 51.5. The molecule has 0 radical (unpaired) electrons. The van der Waals surface area contributed by atoms with E-state index in [0.29, 0.717) is 17.7 Å². The number of H-pyrrole nitrogens is 1. The molecule has 5 N–H and O–H groups in total. The van der Waals surface area contributed by atoms with E-state index in [-0.39, 0.29) is 12.4 Å². The Balaban J connectivity index is 1.46. The molecule has 3 aromatic rings. The molecule has 0 spiro atoms. The Labute approximate surface area is 198 Å². The molecule has 1 aromatic heterocycles. The third-order valence-corrected chi connectivity index (χ3v) is 5.43. The van der Waals surface area contributed by atoms with E-state index >= 15 is 0 Å². The lowest BCUT2D eigenvalue weighted by Crippen LogP contribution is -2.51. The number of amides is 4. The van der Waals surface area contributed by atoms with Crippen molar-refractivity contribution >= 4 is 29.5 Å². The van der Waals surface area contributed by atoms with Gasteiger partial charge in [-0.25, -0.2) is 4.79 Å². The van der Waals surface area contributed by atoms with Gasteiger partial charge in [0.05, 0.1) is 13.1 Å². The zero-order valence-electron chi connectivity index (χ0n) is 18.3. The van der Waals surface area contributed by atoms with Gasteiger partial charge in [-0.15, -0.1) is 10.2 Å². The first-order valence-corrected chi connectivity index (χ1v) is 10.7.